The van der Waals surface area contributed by atoms with Crippen molar-refractivity contribution in [3.63, 3.8) is 0 Å². The molecular weight excluding hydrogens is 320 g/mol. The van der Waals surface area contributed by atoms with Gasteiger partial charge in [-0.3, -0.25) is 4.79 Å². The van der Waals surface area contributed by atoms with Crippen molar-refractivity contribution in [2.75, 3.05) is 6.61 Å². The van der Waals surface area contributed by atoms with Crippen molar-refractivity contribution < 1.29 is 9.53 Å². The van der Waals surface area contributed by atoms with E-state index in [9.17, 15) is 4.79 Å². The molecule has 0 spiro atoms. The minimum atomic E-state index is -0.262. The van der Waals surface area contributed by atoms with Crippen LogP contribution in [0.4, 0.5) is 0 Å². The summed E-state index contributed by atoms with van der Waals surface area (Å²) in [4.78, 5) is 12.7. The molecular formula is C24H48O2. The van der Waals surface area contributed by atoms with Crippen molar-refractivity contribution in [2.45, 2.75) is 137 Å². The molecule has 0 fully saturated rings. The summed E-state index contributed by atoms with van der Waals surface area (Å²) < 4.78 is 5.69. The average molecular weight is 369 g/mol. The highest BCUT2D eigenvalue weighted by molar-refractivity contribution is 5.76. The Morgan fingerprint density at radius 3 is 1.58 bits per heavy atom. The summed E-state index contributed by atoms with van der Waals surface area (Å²) >= 11 is 0. The van der Waals surface area contributed by atoms with Crippen LogP contribution in [0.25, 0.3) is 0 Å². The van der Waals surface area contributed by atoms with Crippen LogP contribution in [0.2, 0.25) is 0 Å². The summed E-state index contributed by atoms with van der Waals surface area (Å²) in [6.07, 6.45) is 20.8. The lowest BCUT2D eigenvalue weighted by atomic mass is 9.80. The maximum absolute atomic E-state index is 12.7. The van der Waals surface area contributed by atoms with Gasteiger partial charge in [0.25, 0.3) is 0 Å². The monoisotopic (exact) mass is 368 g/mol. The molecule has 0 aliphatic rings. The lowest BCUT2D eigenvalue weighted by Gasteiger charge is -2.27. The molecule has 0 saturated heterocycles. The Bertz CT molecular complexity index is 313. The molecule has 2 nitrogen and oxygen atoms in total. The second kappa shape index (κ2) is 17.9. The normalized spacial score (nSPS) is 13.5. The van der Waals surface area contributed by atoms with Gasteiger partial charge in [-0.05, 0) is 26.2 Å². The first-order valence-corrected chi connectivity index (χ1v) is 11.8. The van der Waals surface area contributed by atoms with E-state index in [1.54, 1.807) is 0 Å². The average Bonchev–Trinajstić information content (AvgIpc) is 2.64. The van der Waals surface area contributed by atoms with E-state index < -0.39 is 0 Å². The maximum atomic E-state index is 12.7. The molecule has 0 bridgehead atoms. The summed E-state index contributed by atoms with van der Waals surface area (Å²) in [5, 5.41) is 0. The van der Waals surface area contributed by atoms with E-state index in [0.29, 0.717) is 6.61 Å². The Morgan fingerprint density at radius 1 is 0.615 bits per heavy atom. The van der Waals surface area contributed by atoms with Crippen molar-refractivity contribution in [3.8, 4) is 0 Å². The van der Waals surface area contributed by atoms with Crippen LogP contribution < -0.4 is 0 Å². The molecule has 0 aliphatic heterocycles. The van der Waals surface area contributed by atoms with E-state index in [4.69, 9.17) is 4.74 Å². The molecule has 156 valence electrons. The predicted octanol–water partition coefficient (Wildman–Crippen LogP) is 8.23. The number of esters is 1. The largest absolute Gasteiger partial charge is 0.465 e. The molecule has 0 N–H and O–H groups in total. The summed E-state index contributed by atoms with van der Waals surface area (Å²) in [6.45, 7) is 9.46. The van der Waals surface area contributed by atoms with E-state index in [1.807, 2.05) is 0 Å². The van der Waals surface area contributed by atoms with Gasteiger partial charge in [-0.15, -0.1) is 0 Å². The highest BCUT2D eigenvalue weighted by atomic mass is 16.5. The van der Waals surface area contributed by atoms with Crippen LogP contribution in [0.15, 0.2) is 0 Å². The summed E-state index contributed by atoms with van der Waals surface area (Å²) in [5.41, 5.74) is -0.262. The number of carbonyl (C=O) groups is 1. The molecule has 0 rings (SSSR count). The van der Waals surface area contributed by atoms with Crippen LogP contribution in [-0.4, -0.2) is 12.6 Å². The molecule has 1 atom stereocenters. The SMILES string of the molecule is CCCCCCCCCOC(=O)C(C)(CCCC)CCCCCCCC. The number of rotatable bonds is 19. The van der Waals surface area contributed by atoms with Gasteiger partial charge in [-0.1, -0.05) is 111 Å². The topological polar surface area (TPSA) is 26.3 Å². The summed E-state index contributed by atoms with van der Waals surface area (Å²) in [6, 6.07) is 0. The fraction of sp³-hybridized carbons (Fsp3) is 0.958. The Labute approximate surface area is 164 Å². The lowest BCUT2D eigenvalue weighted by molar-refractivity contribution is -0.156. The second-order valence-electron chi connectivity index (χ2n) is 8.44. The molecule has 0 aromatic heterocycles. The Morgan fingerprint density at radius 2 is 1.04 bits per heavy atom. The molecule has 0 saturated carbocycles. The van der Waals surface area contributed by atoms with E-state index >= 15 is 0 Å². The third-order valence-corrected chi connectivity index (χ3v) is 5.64. The first-order chi connectivity index (χ1) is 12.6. The van der Waals surface area contributed by atoms with Crippen LogP contribution in [0.1, 0.15) is 137 Å². The van der Waals surface area contributed by atoms with Gasteiger partial charge in [0.05, 0.1) is 12.0 Å². The minimum Gasteiger partial charge on any atom is -0.465 e. The van der Waals surface area contributed by atoms with Crippen LogP contribution >= 0.6 is 0 Å². The van der Waals surface area contributed by atoms with Crippen molar-refractivity contribution in [1.82, 2.24) is 0 Å². The van der Waals surface area contributed by atoms with Crippen LogP contribution in [0.3, 0.4) is 0 Å². The molecule has 0 heterocycles. The number of hydrogen-bond acceptors (Lipinski definition) is 2. The molecule has 0 aliphatic carbocycles. The van der Waals surface area contributed by atoms with Crippen molar-refractivity contribution in [1.29, 1.82) is 0 Å². The molecule has 26 heavy (non-hydrogen) atoms. The lowest BCUT2D eigenvalue weighted by Crippen LogP contribution is -2.30. The number of unbranched alkanes of at least 4 members (excludes halogenated alkanes) is 12. The van der Waals surface area contributed by atoms with Gasteiger partial charge < -0.3 is 4.74 Å². The van der Waals surface area contributed by atoms with E-state index in [0.717, 1.165) is 38.5 Å². The fourth-order valence-electron chi connectivity index (χ4n) is 3.59. The molecule has 2 heteroatoms. The van der Waals surface area contributed by atoms with Gasteiger partial charge >= 0.3 is 5.97 Å². The first kappa shape index (κ1) is 25.5. The predicted molar refractivity (Wildman–Crippen MR) is 115 cm³/mol. The zero-order valence-electron chi connectivity index (χ0n) is 18.5. The third kappa shape index (κ3) is 13.6. The summed E-state index contributed by atoms with van der Waals surface area (Å²) in [5.74, 6) is 0.0606. The van der Waals surface area contributed by atoms with Crippen molar-refractivity contribution >= 4 is 5.97 Å². The molecule has 0 aromatic carbocycles. The molecule has 0 amide bonds. The van der Waals surface area contributed by atoms with E-state index in [2.05, 4.69) is 27.7 Å². The van der Waals surface area contributed by atoms with E-state index in [1.165, 1.54) is 70.6 Å². The second-order valence-corrected chi connectivity index (χ2v) is 8.44. The standard InChI is InChI=1S/C24H48O2/c1-5-8-11-13-15-17-19-22-26-23(25)24(4,20-10-7-3)21-18-16-14-12-9-6-2/h5-22H2,1-4H3. The van der Waals surface area contributed by atoms with Gasteiger partial charge in [-0.25, -0.2) is 0 Å². The Kier molecular flexibility index (Phi) is 17.5. The van der Waals surface area contributed by atoms with Gasteiger partial charge in [0.1, 0.15) is 0 Å². The van der Waals surface area contributed by atoms with Gasteiger partial charge in [0, 0.05) is 0 Å². The zero-order valence-corrected chi connectivity index (χ0v) is 18.5. The van der Waals surface area contributed by atoms with Crippen LogP contribution in [-0.2, 0) is 9.53 Å². The Hall–Kier alpha value is -0.530. The summed E-state index contributed by atoms with van der Waals surface area (Å²) in [7, 11) is 0. The third-order valence-electron chi connectivity index (χ3n) is 5.64. The molecule has 1 unspecified atom stereocenters. The number of hydrogen-bond donors (Lipinski definition) is 0. The van der Waals surface area contributed by atoms with E-state index in [-0.39, 0.29) is 11.4 Å². The Balaban J connectivity index is 4.03. The van der Waals surface area contributed by atoms with Crippen molar-refractivity contribution in [3.05, 3.63) is 0 Å². The minimum absolute atomic E-state index is 0.0606. The first-order valence-electron chi connectivity index (χ1n) is 11.8. The fourth-order valence-corrected chi connectivity index (χ4v) is 3.59. The number of carbonyl (C=O) groups excluding carboxylic acids is 1. The van der Waals surface area contributed by atoms with Gasteiger partial charge in [0.15, 0.2) is 0 Å². The van der Waals surface area contributed by atoms with Crippen molar-refractivity contribution in [2.24, 2.45) is 5.41 Å². The number of ether oxygens (including phenoxy) is 1. The molecule has 0 radical (unpaired) electrons. The quantitative estimate of drug-likeness (QED) is 0.169. The van der Waals surface area contributed by atoms with Gasteiger partial charge in [-0.2, -0.15) is 0 Å². The van der Waals surface area contributed by atoms with Gasteiger partial charge in [0.2, 0.25) is 0 Å². The van der Waals surface area contributed by atoms with Crippen LogP contribution in [0.5, 0.6) is 0 Å². The maximum Gasteiger partial charge on any atom is 0.311 e. The smallest absolute Gasteiger partial charge is 0.311 e. The highest BCUT2D eigenvalue weighted by Crippen LogP contribution is 2.32. The highest BCUT2D eigenvalue weighted by Gasteiger charge is 2.33. The zero-order chi connectivity index (χ0) is 19.5. The molecule has 0 aromatic rings. The van der Waals surface area contributed by atoms with Crippen LogP contribution in [0, 0.1) is 5.41 Å².